The van der Waals surface area contributed by atoms with Gasteiger partial charge in [-0.2, -0.15) is 0 Å². The zero-order valence-electron chi connectivity index (χ0n) is 17.4. The molecule has 1 amide bonds. The first kappa shape index (κ1) is 20.1. The number of hydrogen-bond acceptors (Lipinski definition) is 4. The number of nitrogens with zero attached hydrogens (tertiary/aromatic N) is 4. The fourth-order valence-corrected chi connectivity index (χ4v) is 4.30. The van der Waals surface area contributed by atoms with E-state index in [4.69, 9.17) is 0 Å². The minimum atomic E-state index is -0.402. The van der Waals surface area contributed by atoms with E-state index in [0.29, 0.717) is 37.1 Å². The lowest BCUT2D eigenvalue weighted by Gasteiger charge is -2.42. The summed E-state index contributed by atoms with van der Waals surface area (Å²) in [4.78, 5) is 41.1. The third-order valence-corrected chi connectivity index (χ3v) is 6.34. The van der Waals surface area contributed by atoms with E-state index in [1.165, 1.54) is 23.6 Å². The number of amides is 1. The van der Waals surface area contributed by atoms with Crippen LogP contribution >= 0.6 is 0 Å². The van der Waals surface area contributed by atoms with Crippen molar-refractivity contribution in [1.82, 2.24) is 24.0 Å². The molecule has 1 aliphatic carbocycles. The smallest absolute Gasteiger partial charge is 0.332 e. The average Bonchev–Trinajstić information content (AvgIpc) is 3.15. The number of hydrogen-bond donors (Lipinski definition) is 1. The van der Waals surface area contributed by atoms with Crippen LogP contribution in [-0.2, 0) is 30.8 Å². The molecule has 3 aromatic rings. The topological polar surface area (TPSA) is 90.9 Å². The van der Waals surface area contributed by atoms with Crippen LogP contribution in [0.2, 0.25) is 0 Å². The van der Waals surface area contributed by atoms with Crippen LogP contribution in [-0.4, -0.2) is 31.1 Å². The molecule has 0 aliphatic heterocycles. The maximum Gasteiger partial charge on any atom is 0.332 e. The van der Waals surface area contributed by atoms with Crippen molar-refractivity contribution >= 4 is 17.1 Å². The van der Waals surface area contributed by atoms with Crippen molar-refractivity contribution in [2.75, 3.05) is 6.54 Å². The van der Waals surface area contributed by atoms with Gasteiger partial charge in [0.25, 0.3) is 5.56 Å². The van der Waals surface area contributed by atoms with E-state index < -0.39 is 5.69 Å². The van der Waals surface area contributed by atoms with Crippen molar-refractivity contribution in [3.63, 3.8) is 0 Å². The highest BCUT2D eigenvalue weighted by Gasteiger charge is 2.38. The first-order valence-corrected chi connectivity index (χ1v) is 10.4. The summed E-state index contributed by atoms with van der Waals surface area (Å²) in [6.07, 6.45) is 5.90. The number of aromatic nitrogens is 4. The van der Waals surface area contributed by atoms with Crippen LogP contribution in [0.5, 0.6) is 0 Å². The summed E-state index contributed by atoms with van der Waals surface area (Å²) in [5, 5.41) is 3.10. The molecular weight excluding hydrogens is 382 g/mol. The molecule has 1 aliphatic rings. The standard InChI is InChI=1S/C22H27N5O3/c1-25-19-18(20(29)26(2)21(25)30)27(15-24-19)13-6-10-17(28)23-14-22(11-7-12-22)16-8-4-3-5-9-16/h3-5,8-9,15H,6-7,10-14H2,1-2H3,(H,23,28). The van der Waals surface area contributed by atoms with Gasteiger partial charge in [0.05, 0.1) is 6.33 Å². The molecule has 1 saturated carbocycles. The lowest BCUT2D eigenvalue weighted by Crippen LogP contribution is -2.45. The number of imidazole rings is 1. The Labute approximate surface area is 174 Å². The van der Waals surface area contributed by atoms with E-state index in [1.807, 2.05) is 18.2 Å². The molecule has 0 spiro atoms. The molecule has 0 atom stereocenters. The van der Waals surface area contributed by atoms with Crippen LogP contribution in [0.15, 0.2) is 46.2 Å². The van der Waals surface area contributed by atoms with Crippen LogP contribution in [0.25, 0.3) is 11.2 Å². The van der Waals surface area contributed by atoms with Gasteiger partial charge >= 0.3 is 5.69 Å². The van der Waals surface area contributed by atoms with Gasteiger partial charge in [0.1, 0.15) is 0 Å². The molecule has 30 heavy (non-hydrogen) atoms. The van der Waals surface area contributed by atoms with Crippen LogP contribution in [0.1, 0.15) is 37.7 Å². The van der Waals surface area contributed by atoms with E-state index in [-0.39, 0.29) is 16.9 Å². The summed E-state index contributed by atoms with van der Waals surface area (Å²) < 4.78 is 4.16. The minimum absolute atomic E-state index is 0.0157. The first-order valence-electron chi connectivity index (χ1n) is 10.4. The third-order valence-electron chi connectivity index (χ3n) is 6.34. The van der Waals surface area contributed by atoms with Crippen molar-refractivity contribution in [2.24, 2.45) is 14.1 Å². The monoisotopic (exact) mass is 409 g/mol. The Morgan fingerprint density at radius 3 is 2.53 bits per heavy atom. The normalized spacial score (nSPS) is 15.1. The number of rotatable bonds is 7. The summed E-state index contributed by atoms with van der Waals surface area (Å²) in [5.41, 5.74) is 1.34. The predicted molar refractivity (Wildman–Crippen MR) is 114 cm³/mol. The van der Waals surface area contributed by atoms with Crippen LogP contribution < -0.4 is 16.6 Å². The van der Waals surface area contributed by atoms with Gasteiger partial charge in [-0.25, -0.2) is 9.78 Å². The molecule has 0 unspecified atom stereocenters. The molecule has 0 radical (unpaired) electrons. The van der Waals surface area contributed by atoms with Gasteiger partial charge in [-0.3, -0.25) is 18.7 Å². The number of benzene rings is 1. The summed E-state index contributed by atoms with van der Waals surface area (Å²) in [6, 6.07) is 10.4. The Morgan fingerprint density at radius 2 is 1.87 bits per heavy atom. The van der Waals surface area contributed by atoms with Gasteiger partial charge in [-0.05, 0) is 24.8 Å². The molecule has 4 rings (SSSR count). The third kappa shape index (κ3) is 3.46. The molecule has 0 saturated heterocycles. The van der Waals surface area contributed by atoms with Gasteiger partial charge in [0.15, 0.2) is 11.2 Å². The molecule has 8 heteroatoms. The quantitative estimate of drug-likeness (QED) is 0.640. The van der Waals surface area contributed by atoms with Crippen LogP contribution in [0.3, 0.4) is 0 Å². The van der Waals surface area contributed by atoms with Gasteiger partial charge in [0.2, 0.25) is 5.91 Å². The highest BCUT2D eigenvalue weighted by molar-refractivity contribution is 5.76. The Bertz CT molecular complexity index is 1190. The number of carbonyl (C=O) groups excluding carboxylic acids is 1. The summed E-state index contributed by atoms with van der Waals surface area (Å²) >= 11 is 0. The fourth-order valence-electron chi connectivity index (χ4n) is 4.30. The number of nitrogens with one attached hydrogen (secondary N) is 1. The van der Waals surface area contributed by atoms with Gasteiger partial charge < -0.3 is 9.88 Å². The van der Waals surface area contributed by atoms with Crippen molar-refractivity contribution in [1.29, 1.82) is 0 Å². The maximum absolute atomic E-state index is 12.5. The molecule has 158 valence electrons. The lowest BCUT2D eigenvalue weighted by molar-refractivity contribution is -0.121. The average molecular weight is 409 g/mol. The summed E-state index contributed by atoms with van der Waals surface area (Å²) in [6.45, 7) is 1.15. The van der Waals surface area contributed by atoms with E-state index >= 15 is 0 Å². The zero-order chi connectivity index (χ0) is 21.3. The molecule has 1 fully saturated rings. The highest BCUT2D eigenvalue weighted by Crippen LogP contribution is 2.43. The lowest BCUT2D eigenvalue weighted by atomic mass is 9.64. The van der Waals surface area contributed by atoms with Crippen molar-refractivity contribution in [3.8, 4) is 0 Å². The van der Waals surface area contributed by atoms with E-state index in [1.54, 1.807) is 17.9 Å². The number of fused-ring (bicyclic) bond motifs is 1. The molecule has 0 bridgehead atoms. The molecule has 1 N–H and O–H groups in total. The van der Waals surface area contributed by atoms with Crippen molar-refractivity contribution in [3.05, 3.63) is 63.1 Å². The van der Waals surface area contributed by atoms with Gasteiger partial charge in [0, 0.05) is 39.0 Å². The van der Waals surface area contributed by atoms with Crippen molar-refractivity contribution < 1.29 is 4.79 Å². The molecule has 1 aromatic carbocycles. The van der Waals surface area contributed by atoms with Crippen LogP contribution in [0.4, 0.5) is 0 Å². The first-order chi connectivity index (χ1) is 14.4. The second-order valence-corrected chi connectivity index (χ2v) is 8.20. The van der Waals surface area contributed by atoms with Crippen LogP contribution in [0, 0.1) is 0 Å². The minimum Gasteiger partial charge on any atom is -0.355 e. The number of carbonyl (C=O) groups is 1. The van der Waals surface area contributed by atoms with Crippen molar-refractivity contribution in [2.45, 2.75) is 44.1 Å². The largest absolute Gasteiger partial charge is 0.355 e. The van der Waals surface area contributed by atoms with Gasteiger partial charge in [-0.15, -0.1) is 0 Å². The van der Waals surface area contributed by atoms with Gasteiger partial charge in [-0.1, -0.05) is 36.8 Å². The Kier molecular flexibility index (Phi) is 5.32. The Morgan fingerprint density at radius 1 is 1.13 bits per heavy atom. The molecular formula is C22H27N5O3. The zero-order valence-corrected chi connectivity index (χ0v) is 17.4. The summed E-state index contributed by atoms with van der Waals surface area (Å²) in [7, 11) is 3.05. The molecule has 2 aromatic heterocycles. The maximum atomic E-state index is 12.5. The molecule has 2 heterocycles. The Balaban J connectivity index is 1.37. The second-order valence-electron chi connectivity index (χ2n) is 8.20. The Hall–Kier alpha value is -3.16. The van der Waals surface area contributed by atoms with E-state index in [2.05, 4.69) is 22.4 Å². The highest BCUT2D eigenvalue weighted by atomic mass is 16.2. The fraction of sp³-hybridized carbons (Fsp3) is 0.455. The van der Waals surface area contributed by atoms with E-state index in [9.17, 15) is 14.4 Å². The van der Waals surface area contributed by atoms with E-state index in [0.717, 1.165) is 17.4 Å². The SMILES string of the molecule is Cn1c(=O)c2c(ncn2CCCC(=O)NCC2(c3ccccc3)CCC2)n(C)c1=O. The second kappa shape index (κ2) is 7.93. The predicted octanol–water partition coefficient (Wildman–Crippen LogP) is 1.45. The number of aryl methyl sites for hydroxylation is 2. The molecule has 8 nitrogen and oxygen atoms in total. The summed E-state index contributed by atoms with van der Waals surface area (Å²) in [5.74, 6) is 0.0157.